The second-order valence-electron chi connectivity index (χ2n) is 4.35. The van der Waals surface area contributed by atoms with Crippen LogP contribution in [-0.2, 0) is 6.61 Å². The summed E-state index contributed by atoms with van der Waals surface area (Å²) in [5, 5.41) is 12.8. The van der Waals surface area contributed by atoms with Gasteiger partial charge < -0.3 is 20.4 Å². The van der Waals surface area contributed by atoms with E-state index in [1.54, 1.807) is 12.1 Å². The zero-order chi connectivity index (χ0) is 13.8. The molecular weight excluding hydrogens is 246 g/mol. The van der Waals surface area contributed by atoms with Gasteiger partial charge >= 0.3 is 0 Å². The lowest BCUT2D eigenvalue weighted by atomic mass is 10.1. The molecule has 3 N–H and O–H groups in total. The van der Waals surface area contributed by atoms with Crippen molar-refractivity contribution in [1.29, 1.82) is 0 Å². The van der Waals surface area contributed by atoms with E-state index in [0.717, 1.165) is 5.56 Å². The van der Waals surface area contributed by atoms with Crippen molar-refractivity contribution in [3.8, 4) is 11.6 Å². The molecule has 0 radical (unpaired) electrons. The summed E-state index contributed by atoms with van der Waals surface area (Å²) in [4.78, 5) is 0.690. The van der Waals surface area contributed by atoms with Crippen molar-refractivity contribution >= 4 is 5.69 Å². The van der Waals surface area contributed by atoms with Gasteiger partial charge in [0.05, 0.1) is 17.9 Å². The highest BCUT2D eigenvalue weighted by atomic mass is 16.5. The van der Waals surface area contributed by atoms with E-state index in [0.29, 0.717) is 22.2 Å². The quantitative estimate of drug-likeness (QED) is 0.637. The van der Waals surface area contributed by atoms with E-state index in [-0.39, 0.29) is 12.7 Å². The maximum atomic E-state index is 9.05. The van der Waals surface area contributed by atoms with Crippen LogP contribution in [0.4, 0.5) is 5.69 Å². The van der Waals surface area contributed by atoms with Crippen molar-refractivity contribution in [3.05, 3.63) is 36.0 Å². The molecule has 0 saturated carbocycles. The zero-order valence-corrected chi connectivity index (χ0v) is 10.9. The molecule has 0 bridgehead atoms. The lowest BCUT2D eigenvalue weighted by Crippen LogP contribution is -2.10. The number of rotatable bonds is 5. The van der Waals surface area contributed by atoms with E-state index in [2.05, 4.69) is 5.10 Å². The third-order valence-electron chi connectivity index (χ3n) is 2.45. The van der Waals surface area contributed by atoms with Gasteiger partial charge in [0.25, 0.3) is 0 Å². The lowest BCUT2D eigenvalue weighted by molar-refractivity contribution is 0.141. The fourth-order valence-electron chi connectivity index (χ4n) is 1.62. The van der Waals surface area contributed by atoms with Crippen molar-refractivity contribution in [2.24, 2.45) is 0 Å². The van der Waals surface area contributed by atoms with Crippen molar-refractivity contribution in [1.82, 2.24) is 9.94 Å². The molecule has 0 unspecified atom stereocenters. The Labute approximate surface area is 111 Å². The third-order valence-corrected chi connectivity index (χ3v) is 2.45. The van der Waals surface area contributed by atoms with Crippen molar-refractivity contribution in [3.63, 3.8) is 0 Å². The molecule has 1 aromatic carbocycles. The minimum absolute atomic E-state index is 0.0530. The molecule has 0 aliphatic rings. The molecule has 19 heavy (non-hydrogen) atoms. The van der Waals surface area contributed by atoms with Crippen LogP contribution in [0.15, 0.2) is 30.5 Å². The summed E-state index contributed by atoms with van der Waals surface area (Å²) < 4.78 is 11.1. The van der Waals surface area contributed by atoms with Crippen LogP contribution >= 0.6 is 0 Å². The molecule has 1 aromatic heterocycles. The Hall–Kier alpha value is -2.37. The van der Waals surface area contributed by atoms with Crippen LogP contribution in [0.1, 0.15) is 19.4 Å². The van der Waals surface area contributed by atoms with Gasteiger partial charge in [-0.2, -0.15) is 0 Å². The molecule has 0 spiro atoms. The Morgan fingerprint density at radius 2 is 2.16 bits per heavy atom. The molecule has 102 valence electrons. The molecule has 0 fully saturated rings. The number of ether oxygens (including phenoxy) is 2. The van der Waals surface area contributed by atoms with E-state index in [4.69, 9.17) is 20.4 Å². The molecule has 0 saturated heterocycles. The van der Waals surface area contributed by atoms with Gasteiger partial charge in [-0.1, -0.05) is 11.2 Å². The molecule has 1 heterocycles. The number of nitrogens with two attached hydrogens (primary N) is 1. The molecule has 0 aliphatic carbocycles. The largest absolute Gasteiger partial charge is 0.491 e. The first kappa shape index (κ1) is 13.1. The van der Waals surface area contributed by atoms with E-state index < -0.39 is 0 Å². The molecule has 2 aromatic rings. The van der Waals surface area contributed by atoms with Crippen LogP contribution < -0.4 is 15.2 Å². The minimum atomic E-state index is 0.0530. The fraction of sp³-hybridized carbons (Fsp3) is 0.308. The highest BCUT2D eigenvalue weighted by Gasteiger charge is 2.10. The fourth-order valence-corrected chi connectivity index (χ4v) is 1.62. The summed E-state index contributed by atoms with van der Waals surface area (Å²) in [6.07, 6.45) is 1.44. The first-order valence-electron chi connectivity index (χ1n) is 5.98. The first-order valence-corrected chi connectivity index (χ1v) is 5.98. The van der Waals surface area contributed by atoms with Gasteiger partial charge in [0.2, 0.25) is 5.88 Å². The van der Waals surface area contributed by atoms with Gasteiger partial charge in [-0.3, -0.25) is 0 Å². The summed E-state index contributed by atoms with van der Waals surface area (Å²) in [5.74, 6) is 1.01. The van der Waals surface area contributed by atoms with Gasteiger partial charge in [0, 0.05) is 11.8 Å². The summed E-state index contributed by atoms with van der Waals surface area (Å²) in [6.45, 7) is 4.12. The Morgan fingerprint density at radius 3 is 2.79 bits per heavy atom. The van der Waals surface area contributed by atoms with E-state index in [1.165, 1.54) is 6.20 Å². The predicted octanol–water partition coefficient (Wildman–Crippen LogP) is 2.07. The third kappa shape index (κ3) is 3.31. The average molecular weight is 263 g/mol. The zero-order valence-electron chi connectivity index (χ0n) is 10.9. The van der Waals surface area contributed by atoms with Gasteiger partial charge in [-0.05, 0) is 26.0 Å². The first-order chi connectivity index (χ1) is 9.06. The second-order valence-corrected chi connectivity index (χ2v) is 4.35. The van der Waals surface area contributed by atoms with E-state index in [9.17, 15) is 0 Å². The van der Waals surface area contributed by atoms with Crippen LogP contribution in [-0.4, -0.2) is 21.3 Å². The normalized spacial score (nSPS) is 10.7. The van der Waals surface area contributed by atoms with Gasteiger partial charge in [0.15, 0.2) is 0 Å². The number of aromatic nitrogens is 2. The Bertz CT molecular complexity index is 552. The van der Waals surface area contributed by atoms with Gasteiger partial charge in [-0.15, -0.1) is 4.85 Å². The second kappa shape index (κ2) is 5.51. The molecule has 6 heteroatoms. The van der Waals surface area contributed by atoms with Gasteiger partial charge in [-0.25, -0.2) is 0 Å². The highest BCUT2D eigenvalue weighted by Crippen LogP contribution is 2.26. The Balaban J connectivity index is 2.14. The molecule has 2 rings (SSSR count). The van der Waals surface area contributed by atoms with E-state index >= 15 is 0 Å². The number of anilines is 1. The van der Waals surface area contributed by atoms with Crippen molar-refractivity contribution < 1.29 is 14.7 Å². The maximum absolute atomic E-state index is 9.05. The predicted molar refractivity (Wildman–Crippen MR) is 70.4 cm³/mol. The van der Waals surface area contributed by atoms with Crippen molar-refractivity contribution in [2.45, 2.75) is 26.6 Å². The van der Waals surface area contributed by atoms with Crippen LogP contribution in [0, 0.1) is 0 Å². The number of nitrogen functional groups attached to an aromatic ring is 1. The van der Waals surface area contributed by atoms with Crippen LogP contribution in [0.3, 0.4) is 0 Å². The van der Waals surface area contributed by atoms with E-state index in [1.807, 2.05) is 26.0 Å². The Morgan fingerprint density at radius 1 is 1.37 bits per heavy atom. The molecule has 0 aliphatic heterocycles. The summed E-state index contributed by atoms with van der Waals surface area (Å²) in [6, 6.07) is 7.03. The van der Waals surface area contributed by atoms with Crippen LogP contribution in [0.2, 0.25) is 0 Å². The van der Waals surface area contributed by atoms with Gasteiger partial charge in [0.1, 0.15) is 12.4 Å². The Kier molecular flexibility index (Phi) is 3.79. The minimum Gasteiger partial charge on any atom is -0.491 e. The SMILES string of the molecule is CC(C)Oc1cccc(N)c1COc1ccn(O)n1. The van der Waals surface area contributed by atoms with Crippen molar-refractivity contribution in [2.75, 3.05) is 5.73 Å². The standard InChI is InChI=1S/C13H17N3O3/c1-9(2)19-12-5-3-4-11(14)10(12)8-18-13-6-7-16(17)15-13/h3-7,9,17H,8,14H2,1-2H3. The monoisotopic (exact) mass is 263 g/mol. The number of hydrogen-bond donors (Lipinski definition) is 2. The topological polar surface area (TPSA) is 82.5 Å². The summed E-state index contributed by atoms with van der Waals surface area (Å²) in [7, 11) is 0. The highest BCUT2D eigenvalue weighted by molar-refractivity contribution is 5.54. The van der Waals surface area contributed by atoms with Crippen LogP contribution in [0.5, 0.6) is 11.6 Å². The molecular formula is C13H17N3O3. The smallest absolute Gasteiger partial charge is 0.236 e. The maximum Gasteiger partial charge on any atom is 0.236 e. The summed E-state index contributed by atoms with van der Waals surface area (Å²) in [5.41, 5.74) is 7.30. The van der Waals surface area contributed by atoms with Crippen LogP contribution in [0.25, 0.3) is 0 Å². The molecule has 0 amide bonds. The number of hydrogen-bond acceptors (Lipinski definition) is 5. The lowest BCUT2D eigenvalue weighted by Gasteiger charge is -2.15. The molecule has 6 nitrogen and oxygen atoms in total. The number of benzene rings is 1. The molecule has 0 atom stereocenters. The summed E-state index contributed by atoms with van der Waals surface area (Å²) >= 11 is 0. The number of nitrogens with zero attached hydrogens (tertiary/aromatic N) is 2. The average Bonchev–Trinajstić information content (AvgIpc) is 2.73.